The molecule has 1 aromatic heterocycles. The van der Waals surface area contributed by atoms with Gasteiger partial charge in [-0.3, -0.25) is 9.47 Å². The maximum Gasteiger partial charge on any atom is 0.223 e. The summed E-state index contributed by atoms with van der Waals surface area (Å²) in [4.78, 5) is 12.4. The standard InChI is InChI=1S/C19H22N2O3/c22-15-8-11-21-16(17(15)24-12-14-6-2-1-3-7-14)18(23)19(13-20-21)9-4-5-10-19/h1-3,6-8,11,18,20,23H,4-5,9-10,12-13H2. The Hall–Kier alpha value is -2.27. The summed E-state index contributed by atoms with van der Waals surface area (Å²) in [6, 6.07) is 11.2. The topological polar surface area (TPSA) is 63.5 Å². The molecule has 2 heterocycles. The number of aliphatic hydroxyl groups is 1. The second kappa shape index (κ2) is 5.98. The zero-order valence-electron chi connectivity index (χ0n) is 13.6. The molecule has 1 aromatic carbocycles. The van der Waals surface area contributed by atoms with Crippen LogP contribution in [0.2, 0.25) is 0 Å². The Morgan fingerprint density at radius 3 is 2.71 bits per heavy atom. The number of hydrogen-bond donors (Lipinski definition) is 2. The monoisotopic (exact) mass is 326 g/mol. The molecule has 0 amide bonds. The lowest BCUT2D eigenvalue weighted by atomic mass is 9.77. The second-order valence-corrected chi connectivity index (χ2v) is 6.85. The molecular formula is C19H22N2O3. The summed E-state index contributed by atoms with van der Waals surface area (Å²) in [6.45, 7) is 1.04. The van der Waals surface area contributed by atoms with Crippen LogP contribution in [-0.4, -0.2) is 16.3 Å². The lowest BCUT2D eigenvalue weighted by molar-refractivity contribution is 0.0144. The lowest BCUT2D eigenvalue weighted by Crippen LogP contribution is -2.44. The summed E-state index contributed by atoms with van der Waals surface area (Å²) in [7, 11) is 0. The first-order chi connectivity index (χ1) is 11.7. The van der Waals surface area contributed by atoms with Gasteiger partial charge >= 0.3 is 0 Å². The molecular weight excluding hydrogens is 304 g/mol. The van der Waals surface area contributed by atoms with Gasteiger partial charge in [-0.25, -0.2) is 0 Å². The van der Waals surface area contributed by atoms with Crippen molar-refractivity contribution in [1.82, 2.24) is 4.68 Å². The third kappa shape index (κ3) is 2.49. The Kier molecular flexibility index (Phi) is 3.81. The number of nitrogens with one attached hydrogen (secondary N) is 1. The predicted molar refractivity (Wildman–Crippen MR) is 91.6 cm³/mol. The average Bonchev–Trinajstić information content (AvgIpc) is 3.08. The maximum absolute atomic E-state index is 12.4. The highest BCUT2D eigenvalue weighted by Crippen LogP contribution is 2.50. The first kappa shape index (κ1) is 15.3. The van der Waals surface area contributed by atoms with Crippen molar-refractivity contribution in [2.75, 3.05) is 12.0 Å². The van der Waals surface area contributed by atoms with Crippen LogP contribution in [-0.2, 0) is 6.61 Å². The quantitative estimate of drug-likeness (QED) is 0.910. The van der Waals surface area contributed by atoms with Crippen LogP contribution < -0.4 is 15.6 Å². The summed E-state index contributed by atoms with van der Waals surface area (Å²) in [6.07, 6.45) is 5.19. The highest BCUT2D eigenvalue weighted by atomic mass is 16.5. The number of aromatic nitrogens is 1. The van der Waals surface area contributed by atoms with Crippen molar-refractivity contribution >= 4 is 0 Å². The molecule has 126 valence electrons. The largest absolute Gasteiger partial charge is 0.483 e. The van der Waals surface area contributed by atoms with Crippen molar-refractivity contribution in [2.24, 2.45) is 5.41 Å². The molecule has 0 radical (unpaired) electrons. The van der Waals surface area contributed by atoms with Crippen molar-refractivity contribution in [3.05, 3.63) is 64.1 Å². The minimum absolute atomic E-state index is 0.182. The number of ether oxygens (including phenoxy) is 1. The molecule has 1 unspecified atom stereocenters. The Morgan fingerprint density at radius 2 is 1.96 bits per heavy atom. The fraction of sp³-hybridized carbons (Fsp3) is 0.421. The van der Waals surface area contributed by atoms with Crippen molar-refractivity contribution in [3.8, 4) is 5.75 Å². The van der Waals surface area contributed by atoms with E-state index in [0.29, 0.717) is 12.3 Å². The second-order valence-electron chi connectivity index (χ2n) is 6.85. The Balaban J connectivity index is 1.69. The van der Waals surface area contributed by atoms with Gasteiger partial charge in [0.15, 0.2) is 5.75 Å². The summed E-state index contributed by atoms with van der Waals surface area (Å²) in [5.41, 5.74) is 4.52. The fourth-order valence-corrected chi connectivity index (χ4v) is 3.96. The number of fused-ring (bicyclic) bond motifs is 1. The van der Waals surface area contributed by atoms with Crippen LogP contribution in [0.4, 0.5) is 0 Å². The first-order valence-electron chi connectivity index (χ1n) is 8.54. The molecule has 0 bridgehead atoms. The van der Waals surface area contributed by atoms with Crippen LogP contribution >= 0.6 is 0 Å². The molecule has 2 aliphatic rings. The summed E-state index contributed by atoms with van der Waals surface area (Å²) in [5.74, 6) is 0.257. The van der Waals surface area contributed by atoms with E-state index in [2.05, 4.69) is 5.43 Å². The molecule has 1 aliphatic carbocycles. The smallest absolute Gasteiger partial charge is 0.223 e. The summed E-state index contributed by atoms with van der Waals surface area (Å²) < 4.78 is 7.61. The van der Waals surface area contributed by atoms with E-state index in [0.717, 1.165) is 37.8 Å². The number of nitrogens with zero attached hydrogens (tertiary/aromatic N) is 1. The van der Waals surface area contributed by atoms with E-state index in [1.54, 1.807) is 10.9 Å². The van der Waals surface area contributed by atoms with Crippen molar-refractivity contribution in [3.63, 3.8) is 0 Å². The van der Waals surface area contributed by atoms with Gasteiger partial charge in [0.05, 0.1) is 0 Å². The SMILES string of the molecule is O=c1ccn2c(c1OCc1ccccc1)C(O)C1(CCCC1)CN2. The molecule has 1 saturated carbocycles. The predicted octanol–water partition coefficient (Wildman–Crippen LogP) is 2.58. The van der Waals surface area contributed by atoms with Crippen LogP contribution in [0.1, 0.15) is 43.0 Å². The van der Waals surface area contributed by atoms with Crippen LogP contribution in [0.3, 0.4) is 0 Å². The molecule has 0 saturated heterocycles. The third-order valence-electron chi connectivity index (χ3n) is 5.36. The number of benzene rings is 1. The molecule has 5 nitrogen and oxygen atoms in total. The van der Waals surface area contributed by atoms with Crippen molar-refractivity contribution in [2.45, 2.75) is 38.4 Å². The van der Waals surface area contributed by atoms with Gasteiger partial charge in [-0.1, -0.05) is 43.2 Å². The molecule has 5 heteroatoms. The van der Waals surface area contributed by atoms with Gasteiger partial charge in [-0.15, -0.1) is 0 Å². The molecule has 1 atom stereocenters. The van der Waals surface area contributed by atoms with E-state index >= 15 is 0 Å². The Labute approximate surface area is 140 Å². The van der Waals surface area contributed by atoms with E-state index < -0.39 is 6.10 Å². The number of rotatable bonds is 3. The van der Waals surface area contributed by atoms with Gasteiger partial charge in [0.25, 0.3) is 0 Å². The fourth-order valence-electron chi connectivity index (χ4n) is 3.96. The molecule has 1 fully saturated rings. The normalized spacial score (nSPS) is 21.3. The van der Waals surface area contributed by atoms with Gasteiger partial charge < -0.3 is 15.3 Å². The summed E-state index contributed by atoms with van der Waals surface area (Å²) in [5, 5.41) is 11.0. The zero-order chi connectivity index (χ0) is 16.6. The maximum atomic E-state index is 12.4. The van der Waals surface area contributed by atoms with Gasteiger partial charge in [0.2, 0.25) is 5.43 Å². The van der Waals surface area contributed by atoms with Crippen molar-refractivity contribution in [1.29, 1.82) is 0 Å². The van der Waals surface area contributed by atoms with Crippen LogP contribution in [0.25, 0.3) is 0 Å². The molecule has 2 N–H and O–H groups in total. The van der Waals surface area contributed by atoms with E-state index in [1.807, 2.05) is 30.3 Å². The first-order valence-corrected chi connectivity index (χ1v) is 8.54. The van der Waals surface area contributed by atoms with E-state index in [-0.39, 0.29) is 16.6 Å². The number of pyridine rings is 1. The van der Waals surface area contributed by atoms with Gasteiger partial charge in [-0.2, -0.15) is 0 Å². The van der Waals surface area contributed by atoms with Crippen LogP contribution in [0.15, 0.2) is 47.4 Å². The van der Waals surface area contributed by atoms with E-state index in [4.69, 9.17) is 4.74 Å². The van der Waals surface area contributed by atoms with Gasteiger partial charge in [0.1, 0.15) is 18.4 Å². The zero-order valence-corrected chi connectivity index (χ0v) is 13.6. The lowest BCUT2D eigenvalue weighted by Gasteiger charge is -2.41. The molecule has 24 heavy (non-hydrogen) atoms. The number of aliphatic hydroxyl groups excluding tert-OH is 1. The van der Waals surface area contributed by atoms with E-state index in [1.165, 1.54) is 6.07 Å². The third-order valence-corrected chi connectivity index (χ3v) is 5.36. The highest BCUT2D eigenvalue weighted by molar-refractivity contribution is 5.35. The van der Waals surface area contributed by atoms with Crippen LogP contribution in [0.5, 0.6) is 5.75 Å². The van der Waals surface area contributed by atoms with E-state index in [9.17, 15) is 9.90 Å². The average molecular weight is 326 g/mol. The van der Waals surface area contributed by atoms with Crippen LogP contribution in [0, 0.1) is 5.41 Å². The number of hydrogen-bond acceptors (Lipinski definition) is 4. The molecule has 1 aliphatic heterocycles. The molecule has 1 spiro atoms. The minimum Gasteiger partial charge on any atom is -0.483 e. The Morgan fingerprint density at radius 1 is 1.21 bits per heavy atom. The van der Waals surface area contributed by atoms with Gasteiger partial charge in [0, 0.05) is 24.2 Å². The Bertz CT molecular complexity index is 779. The molecule has 2 aromatic rings. The summed E-state index contributed by atoms with van der Waals surface area (Å²) >= 11 is 0. The highest BCUT2D eigenvalue weighted by Gasteiger charge is 2.46. The van der Waals surface area contributed by atoms with Crippen molar-refractivity contribution < 1.29 is 9.84 Å². The van der Waals surface area contributed by atoms with Gasteiger partial charge in [-0.05, 0) is 18.4 Å². The minimum atomic E-state index is -0.680. The molecule has 4 rings (SSSR count).